The lowest BCUT2D eigenvalue weighted by Gasteiger charge is -2.15. The standard InChI is InChI=1S/C10H14ClNO3S.ClH/c1-5-7(4-12)9(13)10(16(3,14)15)6(2)8(5)11;/h13H,4,12H2,1-3H3;1H. The van der Waals surface area contributed by atoms with Gasteiger partial charge in [-0.1, -0.05) is 11.6 Å². The van der Waals surface area contributed by atoms with E-state index in [0.29, 0.717) is 21.7 Å². The topological polar surface area (TPSA) is 80.4 Å². The van der Waals surface area contributed by atoms with Crippen LogP contribution in [-0.4, -0.2) is 19.8 Å². The van der Waals surface area contributed by atoms with Crippen LogP contribution >= 0.6 is 24.0 Å². The summed E-state index contributed by atoms with van der Waals surface area (Å²) in [7, 11) is -3.53. The van der Waals surface area contributed by atoms with Crippen LogP contribution in [0.15, 0.2) is 4.90 Å². The molecule has 0 aromatic heterocycles. The quantitative estimate of drug-likeness (QED) is 0.874. The minimum absolute atomic E-state index is 0. The number of hydrogen-bond acceptors (Lipinski definition) is 4. The van der Waals surface area contributed by atoms with Crippen molar-refractivity contribution in [3.05, 3.63) is 21.7 Å². The summed E-state index contributed by atoms with van der Waals surface area (Å²) in [5, 5.41) is 10.2. The summed E-state index contributed by atoms with van der Waals surface area (Å²) < 4.78 is 23.1. The van der Waals surface area contributed by atoms with E-state index in [-0.39, 0.29) is 29.6 Å². The first kappa shape index (κ1) is 16.5. The van der Waals surface area contributed by atoms with E-state index in [4.69, 9.17) is 17.3 Å². The molecule has 1 aromatic rings. The van der Waals surface area contributed by atoms with Crippen molar-refractivity contribution >= 4 is 33.8 Å². The average Bonchev–Trinajstić information content (AvgIpc) is 2.13. The van der Waals surface area contributed by atoms with Crippen molar-refractivity contribution in [1.82, 2.24) is 0 Å². The maximum absolute atomic E-state index is 11.5. The molecule has 0 bridgehead atoms. The zero-order chi connectivity index (χ0) is 12.7. The lowest BCUT2D eigenvalue weighted by molar-refractivity contribution is 0.450. The van der Waals surface area contributed by atoms with Crippen LogP contribution in [0.25, 0.3) is 0 Å². The Bertz CT molecular complexity index is 541. The third kappa shape index (κ3) is 2.85. The first-order valence-corrected chi connectivity index (χ1v) is 6.89. The summed E-state index contributed by atoms with van der Waals surface area (Å²) in [6.07, 6.45) is 1.03. The van der Waals surface area contributed by atoms with Gasteiger partial charge in [-0.3, -0.25) is 0 Å². The number of nitrogens with two attached hydrogens (primary N) is 1. The minimum Gasteiger partial charge on any atom is -0.506 e. The summed E-state index contributed by atoms with van der Waals surface area (Å²) in [5.74, 6) is -0.288. The number of phenols is 1. The highest BCUT2D eigenvalue weighted by atomic mass is 35.5. The molecular weight excluding hydrogens is 285 g/mol. The Morgan fingerprint density at radius 2 is 1.76 bits per heavy atom. The Hall–Kier alpha value is -0.490. The first-order chi connectivity index (χ1) is 7.21. The molecule has 7 heteroatoms. The van der Waals surface area contributed by atoms with E-state index in [1.54, 1.807) is 13.8 Å². The van der Waals surface area contributed by atoms with E-state index in [9.17, 15) is 13.5 Å². The highest BCUT2D eigenvalue weighted by Crippen LogP contribution is 2.37. The van der Waals surface area contributed by atoms with Crippen LogP contribution in [0.5, 0.6) is 5.75 Å². The second-order valence-corrected chi connectivity index (χ2v) is 6.03. The third-order valence-corrected chi connectivity index (χ3v) is 4.34. The molecule has 0 atom stereocenters. The van der Waals surface area contributed by atoms with Crippen LogP contribution in [-0.2, 0) is 16.4 Å². The molecule has 3 N–H and O–H groups in total. The Balaban J connectivity index is 0.00000256. The van der Waals surface area contributed by atoms with Crippen LogP contribution in [0, 0.1) is 13.8 Å². The predicted octanol–water partition coefficient (Wildman–Crippen LogP) is 1.95. The highest BCUT2D eigenvalue weighted by Gasteiger charge is 2.23. The Kier molecular flexibility index (Phi) is 5.28. The molecule has 0 heterocycles. The molecule has 0 spiro atoms. The molecule has 0 unspecified atom stereocenters. The number of halogens is 2. The number of benzene rings is 1. The smallest absolute Gasteiger partial charge is 0.179 e. The summed E-state index contributed by atoms with van der Waals surface area (Å²) >= 11 is 6.01. The molecule has 0 aliphatic rings. The van der Waals surface area contributed by atoms with Crippen molar-refractivity contribution in [2.75, 3.05) is 6.26 Å². The lowest BCUT2D eigenvalue weighted by Crippen LogP contribution is -2.08. The Labute approximate surface area is 112 Å². The van der Waals surface area contributed by atoms with Crippen molar-refractivity contribution in [2.45, 2.75) is 25.3 Å². The Morgan fingerprint density at radius 1 is 1.29 bits per heavy atom. The fourth-order valence-corrected chi connectivity index (χ4v) is 3.11. The fourth-order valence-electron chi connectivity index (χ4n) is 1.71. The Morgan fingerprint density at radius 3 is 2.12 bits per heavy atom. The molecular formula is C10H15Cl2NO3S. The van der Waals surface area contributed by atoms with Gasteiger partial charge in [0.05, 0.1) is 0 Å². The summed E-state index contributed by atoms with van der Waals surface area (Å²) in [6.45, 7) is 3.30. The van der Waals surface area contributed by atoms with Gasteiger partial charge < -0.3 is 10.8 Å². The number of hydrogen-bond donors (Lipinski definition) is 2. The molecule has 0 fully saturated rings. The van der Waals surface area contributed by atoms with E-state index in [2.05, 4.69) is 0 Å². The molecule has 0 saturated heterocycles. The van der Waals surface area contributed by atoms with Crippen LogP contribution in [0.2, 0.25) is 5.02 Å². The van der Waals surface area contributed by atoms with Gasteiger partial charge in [-0.25, -0.2) is 8.42 Å². The SMILES string of the molecule is Cc1c(Cl)c(C)c(S(C)(=O)=O)c(O)c1CN.Cl. The molecule has 0 aliphatic heterocycles. The van der Waals surface area contributed by atoms with E-state index in [1.807, 2.05) is 0 Å². The maximum Gasteiger partial charge on any atom is 0.179 e. The molecule has 0 amide bonds. The van der Waals surface area contributed by atoms with Gasteiger partial charge in [0.25, 0.3) is 0 Å². The maximum atomic E-state index is 11.5. The molecule has 0 aliphatic carbocycles. The highest BCUT2D eigenvalue weighted by molar-refractivity contribution is 7.90. The first-order valence-electron chi connectivity index (χ1n) is 4.62. The fraction of sp³-hybridized carbons (Fsp3) is 0.400. The zero-order valence-corrected chi connectivity index (χ0v) is 12.1. The normalized spacial score (nSPS) is 11.1. The molecule has 98 valence electrons. The zero-order valence-electron chi connectivity index (χ0n) is 9.74. The van der Waals surface area contributed by atoms with Crippen molar-refractivity contribution < 1.29 is 13.5 Å². The van der Waals surface area contributed by atoms with Gasteiger partial charge in [-0.2, -0.15) is 0 Å². The lowest BCUT2D eigenvalue weighted by atomic mass is 10.0. The van der Waals surface area contributed by atoms with Crippen LogP contribution in [0.4, 0.5) is 0 Å². The number of aromatic hydroxyl groups is 1. The van der Waals surface area contributed by atoms with Crippen molar-refractivity contribution in [2.24, 2.45) is 5.73 Å². The van der Waals surface area contributed by atoms with Gasteiger partial charge in [0.2, 0.25) is 0 Å². The van der Waals surface area contributed by atoms with Gasteiger partial charge in [0.1, 0.15) is 10.6 Å². The van der Waals surface area contributed by atoms with Gasteiger partial charge in [0.15, 0.2) is 9.84 Å². The van der Waals surface area contributed by atoms with Crippen molar-refractivity contribution in [3.8, 4) is 5.75 Å². The monoisotopic (exact) mass is 299 g/mol. The molecule has 1 rings (SSSR count). The van der Waals surface area contributed by atoms with E-state index >= 15 is 0 Å². The molecule has 4 nitrogen and oxygen atoms in total. The number of sulfone groups is 1. The van der Waals surface area contributed by atoms with E-state index in [1.165, 1.54) is 0 Å². The van der Waals surface area contributed by atoms with Crippen molar-refractivity contribution in [3.63, 3.8) is 0 Å². The van der Waals surface area contributed by atoms with Crippen LogP contribution in [0.3, 0.4) is 0 Å². The van der Waals surface area contributed by atoms with Gasteiger partial charge in [-0.15, -0.1) is 12.4 Å². The third-order valence-electron chi connectivity index (χ3n) is 2.53. The average molecular weight is 300 g/mol. The van der Waals surface area contributed by atoms with Crippen molar-refractivity contribution in [1.29, 1.82) is 0 Å². The molecule has 1 aromatic carbocycles. The summed E-state index contributed by atoms with van der Waals surface area (Å²) in [4.78, 5) is -0.136. The number of phenolic OH excluding ortho intramolecular Hbond substituents is 1. The second-order valence-electron chi connectivity index (χ2n) is 3.70. The molecule has 0 saturated carbocycles. The number of rotatable bonds is 2. The van der Waals surface area contributed by atoms with Crippen LogP contribution in [0.1, 0.15) is 16.7 Å². The second kappa shape index (κ2) is 5.44. The largest absolute Gasteiger partial charge is 0.506 e. The van der Waals surface area contributed by atoms with Gasteiger partial charge in [0, 0.05) is 23.4 Å². The van der Waals surface area contributed by atoms with Gasteiger partial charge >= 0.3 is 0 Å². The summed E-state index contributed by atoms with van der Waals surface area (Å²) in [5.41, 5.74) is 6.82. The summed E-state index contributed by atoms with van der Waals surface area (Å²) in [6, 6.07) is 0. The predicted molar refractivity (Wildman–Crippen MR) is 70.8 cm³/mol. The minimum atomic E-state index is -3.53. The molecule has 0 radical (unpaired) electrons. The van der Waals surface area contributed by atoms with Gasteiger partial charge in [-0.05, 0) is 25.0 Å². The molecule has 17 heavy (non-hydrogen) atoms. The van der Waals surface area contributed by atoms with Crippen LogP contribution < -0.4 is 5.73 Å². The van der Waals surface area contributed by atoms with E-state index in [0.717, 1.165) is 6.26 Å². The van der Waals surface area contributed by atoms with E-state index < -0.39 is 9.84 Å².